The maximum Gasteiger partial charge on any atom is 0.0658 e. The fourth-order valence-electron chi connectivity index (χ4n) is 7.94. The number of thioether (sulfide) groups is 1. The predicted molar refractivity (Wildman–Crippen MR) is 166 cm³/mol. The fourth-order valence-corrected chi connectivity index (χ4v) is 9.30. The van der Waals surface area contributed by atoms with Crippen molar-refractivity contribution in [3.8, 4) is 11.1 Å². The third-order valence-corrected chi connectivity index (χ3v) is 11.2. The van der Waals surface area contributed by atoms with Crippen LogP contribution in [0.15, 0.2) is 103 Å². The van der Waals surface area contributed by atoms with Gasteiger partial charge >= 0.3 is 0 Å². The molecule has 8 rings (SSSR count). The van der Waals surface area contributed by atoms with Crippen LogP contribution in [0.2, 0.25) is 0 Å². The minimum Gasteiger partial charge on any atom is -0.334 e. The molecule has 1 heterocycles. The molecular weight excluding hydrogens is 478 g/mol. The lowest BCUT2D eigenvalue weighted by Gasteiger charge is -2.51. The monoisotopic (exact) mass is 509 g/mol. The average Bonchev–Trinajstić information content (AvgIpc) is 3.20. The highest BCUT2D eigenvalue weighted by atomic mass is 32.2. The molecule has 1 aliphatic heterocycles. The molecule has 38 heavy (non-hydrogen) atoms. The van der Waals surface area contributed by atoms with Gasteiger partial charge in [0.1, 0.15) is 0 Å². The first-order chi connectivity index (χ1) is 18.6. The Hall–Kier alpha value is -3.49. The smallest absolute Gasteiger partial charge is 0.0658 e. The van der Waals surface area contributed by atoms with E-state index in [0.717, 1.165) is 0 Å². The summed E-state index contributed by atoms with van der Waals surface area (Å²) < 4.78 is 0.0796. The number of benzene rings is 6. The van der Waals surface area contributed by atoms with Crippen LogP contribution in [0.4, 0.5) is 11.4 Å². The van der Waals surface area contributed by atoms with Crippen LogP contribution in [0, 0.1) is 0 Å². The van der Waals surface area contributed by atoms with E-state index in [4.69, 9.17) is 0 Å². The fraction of sp³-hybridized carbons (Fsp3) is 0.222. The highest BCUT2D eigenvalue weighted by Gasteiger charge is 2.60. The van der Waals surface area contributed by atoms with Gasteiger partial charge in [0.2, 0.25) is 0 Å². The van der Waals surface area contributed by atoms with Crippen LogP contribution in [0.25, 0.3) is 43.4 Å². The summed E-state index contributed by atoms with van der Waals surface area (Å²) in [5, 5.41) is 8.11. The molecule has 2 aliphatic rings. The second kappa shape index (κ2) is 8.01. The highest BCUT2D eigenvalue weighted by molar-refractivity contribution is 7.99. The number of fused-ring (bicyclic) bond motifs is 3. The van der Waals surface area contributed by atoms with Gasteiger partial charge in [0.05, 0.1) is 10.3 Å². The molecule has 1 fully saturated rings. The number of hydrogen-bond acceptors (Lipinski definition) is 2. The van der Waals surface area contributed by atoms with Gasteiger partial charge in [-0.3, -0.25) is 0 Å². The number of anilines is 2. The van der Waals surface area contributed by atoms with Gasteiger partial charge in [0.25, 0.3) is 0 Å². The zero-order valence-corrected chi connectivity index (χ0v) is 22.8. The van der Waals surface area contributed by atoms with Crippen LogP contribution < -0.4 is 4.90 Å². The number of para-hydroxylation sites is 1. The lowest BCUT2D eigenvalue weighted by molar-refractivity contribution is 0.262. The van der Waals surface area contributed by atoms with Crippen LogP contribution in [0.5, 0.6) is 0 Å². The first-order valence-electron chi connectivity index (χ1n) is 13.9. The first-order valence-corrected chi connectivity index (χ1v) is 15.1. The van der Waals surface area contributed by atoms with Gasteiger partial charge in [-0.1, -0.05) is 91.7 Å². The van der Waals surface area contributed by atoms with E-state index >= 15 is 0 Å². The van der Waals surface area contributed by atoms with Crippen molar-refractivity contribution in [2.45, 2.75) is 42.9 Å². The molecule has 6 aromatic rings. The van der Waals surface area contributed by atoms with E-state index in [1.807, 2.05) is 0 Å². The van der Waals surface area contributed by atoms with Crippen molar-refractivity contribution >= 4 is 55.5 Å². The molecule has 186 valence electrons. The van der Waals surface area contributed by atoms with E-state index in [-0.39, 0.29) is 10.3 Å². The molecule has 0 spiro atoms. The lowest BCUT2D eigenvalue weighted by Crippen LogP contribution is -2.54. The van der Waals surface area contributed by atoms with E-state index < -0.39 is 0 Å². The summed E-state index contributed by atoms with van der Waals surface area (Å²) in [4.78, 5) is 2.67. The Morgan fingerprint density at radius 1 is 0.684 bits per heavy atom. The number of hydrogen-bond donors (Lipinski definition) is 0. The van der Waals surface area contributed by atoms with Gasteiger partial charge in [0, 0.05) is 11.4 Å². The van der Waals surface area contributed by atoms with Crippen LogP contribution >= 0.6 is 11.8 Å². The largest absolute Gasteiger partial charge is 0.334 e. The molecule has 2 atom stereocenters. The van der Waals surface area contributed by atoms with Crippen LogP contribution in [-0.2, 0) is 4.75 Å². The van der Waals surface area contributed by atoms with Crippen molar-refractivity contribution in [1.82, 2.24) is 0 Å². The van der Waals surface area contributed by atoms with Crippen molar-refractivity contribution in [1.29, 1.82) is 0 Å². The number of nitrogens with zero attached hydrogens (tertiary/aromatic N) is 1. The third-order valence-electron chi connectivity index (χ3n) is 9.68. The Morgan fingerprint density at radius 2 is 1.39 bits per heavy atom. The van der Waals surface area contributed by atoms with Gasteiger partial charge in [-0.2, -0.15) is 11.8 Å². The highest BCUT2D eigenvalue weighted by Crippen LogP contribution is 2.65. The van der Waals surface area contributed by atoms with E-state index in [0.29, 0.717) is 0 Å². The van der Waals surface area contributed by atoms with E-state index in [1.54, 1.807) is 0 Å². The summed E-state index contributed by atoms with van der Waals surface area (Å²) in [5.41, 5.74) is 6.93. The minimum atomic E-state index is 0.0512. The molecule has 0 N–H and O–H groups in total. The molecule has 6 aromatic carbocycles. The molecule has 2 heteroatoms. The van der Waals surface area contributed by atoms with Crippen LogP contribution in [0.1, 0.15) is 38.2 Å². The van der Waals surface area contributed by atoms with Crippen molar-refractivity contribution in [3.05, 3.63) is 109 Å². The predicted octanol–water partition coefficient (Wildman–Crippen LogP) is 10.3. The van der Waals surface area contributed by atoms with Crippen molar-refractivity contribution in [2.75, 3.05) is 11.2 Å². The van der Waals surface area contributed by atoms with Crippen molar-refractivity contribution in [3.63, 3.8) is 0 Å². The normalized spacial score (nSPS) is 22.8. The van der Waals surface area contributed by atoms with Gasteiger partial charge in [-0.25, -0.2) is 0 Å². The standard InChI is InChI=1S/C36H31NS/c1-35-21-6-7-22-36(35,38-2)31-23-27(17-20-32(31)37(35)28-11-4-3-5-12-28)29-18-15-26-14-13-24-9-8-10-25-16-19-30(29)34(26)33(24)25/h3-5,8-20,23H,6-7,21-22H2,1-2H3. The quantitative estimate of drug-likeness (QED) is 0.218. The molecular formula is C36H31NS. The number of rotatable bonds is 3. The Labute approximate surface area is 228 Å². The van der Waals surface area contributed by atoms with Gasteiger partial charge in [0.15, 0.2) is 0 Å². The molecule has 1 aliphatic carbocycles. The topological polar surface area (TPSA) is 3.24 Å². The molecule has 0 amide bonds. The molecule has 0 saturated heterocycles. The van der Waals surface area contributed by atoms with E-state index in [9.17, 15) is 0 Å². The summed E-state index contributed by atoms with van der Waals surface area (Å²) >= 11 is 2.08. The zero-order valence-electron chi connectivity index (χ0n) is 22.0. The third kappa shape index (κ3) is 2.79. The summed E-state index contributed by atoms with van der Waals surface area (Å²) in [6.07, 6.45) is 7.36. The van der Waals surface area contributed by atoms with Gasteiger partial charge < -0.3 is 4.90 Å². The van der Waals surface area contributed by atoms with Gasteiger partial charge in [-0.05, 0) is 99.3 Å². The maximum atomic E-state index is 2.67. The Bertz CT molecular complexity index is 1820. The SMILES string of the molecule is CSC12CCCCC1(C)N(c1ccccc1)c1ccc(-c3ccc4ccc5cccc6ccc3c4c56)cc12. The van der Waals surface area contributed by atoms with E-state index in [1.165, 1.54) is 86.1 Å². The molecule has 0 bridgehead atoms. The van der Waals surface area contributed by atoms with Crippen LogP contribution in [-0.4, -0.2) is 11.8 Å². The molecule has 2 unspecified atom stereocenters. The molecule has 1 nitrogen and oxygen atoms in total. The molecule has 0 radical (unpaired) electrons. The molecule has 1 saturated carbocycles. The van der Waals surface area contributed by atoms with Gasteiger partial charge in [-0.15, -0.1) is 0 Å². The Balaban J connectivity index is 1.39. The Morgan fingerprint density at radius 3 is 2.18 bits per heavy atom. The van der Waals surface area contributed by atoms with E-state index in [2.05, 4.69) is 133 Å². The van der Waals surface area contributed by atoms with Crippen molar-refractivity contribution < 1.29 is 0 Å². The molecule has 0 aromatic heterocycles. The summed E-state index contributed by atoms with van der Waals surface area (Å²) in [6, 6.07) is 38.9. The van der Waals surface area contributed by atoms with Crippen LogP contribution in [0.3, 0.4) is 0 Å². The van der Waals surface area contributed by atoms with Crippen molar-refractivity contribution in [2.24, 2.45) is 0 Å². The average molecular weight is 510 g/mol. The second-order valence-electron chi connectivity index (χ2n) is 11.4. The summed E-state index contributed by atoms with van der Waals surface area (Å²) in [5.74, 6) is 0. The second-order valence-corrected chi connectivity index (χ2v) is 12.5. The zero-order chi connectivity index (χ0) is 25.5. The summed E-state index contributed by atoms with van der Waals surface area (Å²) in [6.45, 7) is 2.52. The summed E-state index contributed by atoms with van der Waals surface area (Å²) in [7, 11) is 0. The Kier molecular flexibility index (Phi) is 4.74. The maximum absolute atomic E-state index is 2.67. The lowest BCUT2D eigenvalue weighted by atomic mass is 9.71. The minimum absolute atomic E-state index is 0.0512. The first kappa shape index (κ1) is 22.5.